The number of hydrogen-bond donors (Lipinski definition) is 5. The Morgan fingerprint density at radius 1 is 0.838 bits per heavy atom. The zero-order chi connectivity index (χ0) is 26.3. The predicted molar refractivity (Wildman–Crippen MR) is 151 cm³/mol. The second kappa shape index (κ2) is 9.49. The molecule has 0 aromatic heterocycles. The van der Waals surface area contributed by atoms with Crippen LogP contribution in [0, 0.1) is 12.3 Å². The Balaban J connectivity index is 2.02. The molecule has 4 aromatic rings. The molecule has 1 heterocycles. The van der Waals surface area contributed by atoms with Crippen molar-refractivity contribution in [2.45, 2.75) is 6.92 Å². The molecule has 0 saturated carbocycles. The Morgan fingerprint density at radius 3 is 2.05 bits per heavy atom. The molecule has 0 unspecified atom stereocenters. The number of aromatic hydroxyl groups is 5. The summed E-state index contributed by atoms with van der Waals surface area (Å²) in [6.45, 7) is 2.58. The molecular formula is C30H23NO5S. The smallest absolute Gasteiger partial charge is 0.208 e. The molecule has 1 aliphatic heterocycles. The van der Waals surface area contributed by atoms with Crippen LogP contribution in [0.15, 0.2) is 65.7 Å². The van der Waals surface area contributed by atoms with E-state index in [1.807, 2.05) is 67.6 Å². The lowest BCUT2D eigenvalue weighted by Gasteiger charge is -2.20. The van der Waals surface area contributed by atoms with Gasteiger partial charge in [-0.25, -0.2) is 0 Å². The molecule has 0 spiro atoms. The van der Waals surface area contributed by atoms with Gasteiger partial charge in [-0.15, -0.1) is 18.2 Å². The van der Waals surface area contributed by atoms with E-state index in [-0.39, 0.29) is 5.56 Å². The van der Waals surface area contributed by atoms with Gasteiger partial charge in [0, 0.05) is 29.0 Å². The number of rotatable bonds is 4. The number of aliphatic imine (C=N–C) groups is 1. The van der Waals surface area contributed by atoms with Crippen molar-refractivity contribution in [1.82, 2.24) is 0 Å². The molecule has 7 heteroatoms. The zero-order valence-corrected chi connectivity index (χ0v) is 20.7. The maximum atomic E-state index is 10.9. The van der Waals surface area contributed by atoms with Gasteiger partial charge in [0.25, 0.3) is 0 Å². The van der Waals surface area contributed by atoms with Crippen LogP contribution in [0.5, 0.6) is 28.7 Å². The van der Waals surface area contributed by atoms with Crippen molar-refractivity contribution in [2.24, 2.45) is 4.99 Å². The number of thioether (sulfide) groups is 1. The van der Waals surface area contributed by atoms with E-state index in [4.69, 9.17) is 11.4 Å². The standard InChI is InChI=1S/C30H23NO5S/c1-3-5-8-16(4-2)17-11-12-20-21(15-17)22(24-25(32)27(34)29(36)28(35)26(24)33)18-9-6-7-10-19(18)23(20)30-31-13-14-37-30/h2-3,5-12,15,32-36H,13-14H2,1H3/b5-3-,16-8+. The number of allylic oxidation sites excluding steroid dienone is 4. The molecule has 5 rings (SSSR count). The number of phenolic OH excluding ortho intramolecular Hbond substituents is 5. The first-order valence-electron chi connectivity index (χ1n) is 11.5. The minimum absolute atomic E-state index is 0.210. The Morgan fingerprint density at radius 2 is 1.46 bits per heavy atom. The molecule has 1 aliphatic rings. The van der Waals surface area contributed by atoms with Gasteiger partial charge in [-0.2, -0.15) is 0 Å². The van der Waals surface area contributed by atoms with E-state index < -0.39 is 28.7 Å². The van der Waals surface area contributed by atoms with Crippen molar-refractivity contribution in [1.29, 1.82) is 0 Å². The molecule has 0 fully saturated rings. The van der Waals surface area contributed by atoms with Crippen molar-refractivity contribution in [3.8, 4) is 52.2 Å². The normalized spacial score (nSPS) is 13.9. The number of benzene rings is 4. The van der Waals surface area contributed by atoms with E-state index in [0.717, 1.165) is 32.7 Å². The summed E-state index contributed by atoms with van der Waals surface area (Å²) in [6, 6.07) is 13.2. The molecular weight excluding hydrogens is 486 g/mol. The lowest BCUT2D eigenvalue weighted by Crippen LogP contribution is -1.99. The van der Waals surface area contributed by atoms with Crippen LogP contribution in [0.4, 0.5) is 0 Å². The van der Waals surface area contributed by atoms with Crippen LogP contribution in [0.25, 0.3) is 38.2 Å². The highest BCUT2D eigenvalue weighted by atomic mass is 32.2. The Kier molecular flexibility index (Phi) is 6.20. The monoisotopic (exact) mass is 509 g/mol. The predicted octanol–water partition coefficient (Wildman–Crippen LogP) is 6.27. The van der Waals surface area contributed by atoms with Crippen LogP contribution in [0.2, 0.25) is 0 Å². The lowest BCUT2D eigenvalue weighted by molar-refractivity contribution is 0.330. The number of nitrogens with zero attached hydrogens (tertiary/aromatic N) is 1. The van der Waals surface area contributed by atoms with Gasteiger partial charge in [0.2, 0.25) is 17.2 Å². The van der Waals surface area contributed by atoms with Crippen molar-refractivity contribution in [3.05, 3.63) is 71.8 Å². The molecule has 6 nitrogen and oxygen atoms in total. The van der Waals surface area contributed by atoms with Gasteiger partial charge in [-0.05, 0) is 46.2 Å². The van der Waals surface area contributed by atoms with Crippen molar-refractivity contribution in [2.75, 3.05) is 12.3 Å². The first kappa shape index (κ1) is 24.2. The van der Waals surface area contributed by atoms with Crippen LogP contribution in [-0.4, -0.2) is 42.9 Å². The van der Waals surface area contributed by atoms with Crippen molar-refractivity contribution in [3.63, 3.8) is 0 Å². The van der Waals surface area contributed by atoms with Crippen molar-refractivity contribution >= 4 is 43.9 Å². The largest absolute Gasteiger partial charge is 0.504 e. The van der Waals surface area contributed by atoms with Gasteiger partial charge in [-0.3, -0.25) is 4.99 Å². The van der Waals surface area contributed by atoms with Crippen molar-refractivity contribution < 1.29 is 25.5 Å². The third-order valence-electron chi connectivity index (χ3n) is 6.37. The topological polar surface area (TPSA) is 114 Å². The molecule has 0 atom stereocenters. The number of fused-ring (bicyclic) bond motifs is 2. The van der Waals surface area contributed by atoms with Crippen LogP contribution in [0.1, 0.15) is 18.1 Å². The summed E-state index contributed by atoms with van der Waals surface area (Å²) in [5.74, 6) is -0.830. The molecule has 0 radical (unpaired) electrons. The Hall–Kier alpha value is -4.54. The summed E-state index contributed by atoms with van der Waals surface area (Å²) in [4.78, 5) is 4.71. The van der Waals surface area contributed by atoms with E-state index in [2.05, 4.69) is 5.92 Å². The van der Waals surface area contributed by atoms with Gasteiger partial charge in [0.05, 0.1) is 10.6 Å². The second-order valence-corrected chi connectivity index (χ2v) is 9.54. The fraction of sp³-hybridized carbons (Fsp3) is 0.100. The first-order valence-corrected chi connectivity index (χ1v) is 12.5. The minimum atomic E-state index is -1.01. The molecule has 0 amide bonds. The molecule has 0 aliphatic carbocycles. The number of terminal acetylenes is 1. The van der Waals surface area contributed by atoms with Gasteiger partial charge in [-0.1, -0.05) is 54.5 Å². The average molecular weight is 510 g/mol. The second-order valence-electron chi connectivity index (χ2n) is 8.46. The highest BCUT2D eigenvalue weighted by Crippen LogP contribution is 2.57. The summed E-state index contributed by atoms with van der Waals surface area (Å²) in [5, 5.41) is 56.3. The third-order valence-corrected chi connectivity index (χ3v) is 7.36. The van der Waals surface area contributed by atoms with Crippen LogP contribution < -0.4 is 0 Å². The van der Waals surface area contributed by atoms with Crippen LogP contribution in [-0.2, 0) is 0 Å². The van der Waals surface area contributed by atoms with Crippen LogP contribution in [0.3, 0.4) is 0 Å². The zero-order valence-electron chi connectivity index (χ0n) is 19.9. The van der Waals surface area contributed by atoms with Gasteiger partial charge in [0.1, 0.15) is 0 Å². The summed E-state index contributed by atoms with van der Waals surface area (Å²) >= 11 is 1.65. The Labute approximate surface area is 217 Å². The fourth-order valence-electron chi connectivity index (χ4n) is 4.67. The quantitative estimate of drug-likeness (QED) is 0.0728. The third kappa shape index (κ3) is 3.83. The molecule has 0 bridgehead atoms. The summed E-state index contributed by atoms with van der Waals surface area (Å²) < 4.78 is 0. The minimum Gasteiger partial charge on any atom is -0.504 e. The number of hydrogen-bond acceptors (Lipinski definition) is 7. The first-order chi connectivity index (χ1) is 17.9. The van der Waals surface area contributed by atoms with Gasteiger partial charge >= 0.3 is 0 Å². The maximum absolute atomic E-state index is 10.9. The van der Waals surface area contributed by atoms with Gasteiger partial charge in [0.15, 0.2) is 11.5 Å². The molecule has 4 aromatic carbocycles. The van der Waals surface area contributed by atoms with Crippen LogP contribution >= 0.6 is 11.8 Å². The number of phenols is 5. The summed E-state index contributed by atoms with van der Waals surface area (Å²) in [5.41, 5.74) is 2.41. The summed E-state index contributed by atoms with van der Waals surface area (Å²) in [6.07, 6.45) is 11.3. The van der Waals surface area contributed by atoms with E-state index in [1.165, 1.54) is 0 Å². The fourth-order valence-corrected chi connectivity index (χ4v) is 5.60. The molecule has 5 N–H and O–H groups in total. The average Bonchev–Trinajstić information content (AvgIpc) is 3.45. The Bertz CT molecular complexity index is 1700. The summed E-state index contributed by atoms with van der Waals surface area (Å²) in [7, 11) is 0. The molecule has 0 saturated heterocycles. The lowest BCUT2D eigenvalue weighted by atomic mass is 9.86. The molecule has 184 valence electrons. The van der Waals surface area contributed by atoms with E-state index in [9.17, 15) is 25.5 Å². The van der Waals surface area contributed by atoms with E-state index in [1.54, 1.807) is 11.8 Å². The van der Waals surface area contributed by atoms with Gasteiger partial charge < -0.3 is 25.5 Å². The SMILES string of the molecule is C#C/C(=C\C=C/C)c1ccc2c(C3=NCCS3)c3ccccc3c(-c3c(O)c(O)c(O)c(O)c3O)c2c1. The van der Waals surface area contributed by atoms with E-state index >= 15 is 0 Å². The highest BCUT2D eigenvalue weighted by molar-refractivity contribution is 8.14. The maximum Gasteiger partial charge on any atom is 0.208 e. The molecule has 37 heavy (non-hydrogen) atoms. The van der Waals surface area contributed by atoms with E-state index in [0.29, 0.717) is 28.5 Å². The highest BCUT2D eigenvalue weighted by Gasteiger charge is 2.29.